The van der Waals surface area contributed by atoms with Crippen LogP contribution in [-0.2, 0) is 23.9 Å². The van der Waals surface area contributed by atoms with Gasteiger partial charge in [0.2, 0.25) is 0 Å². The molecule has 9 nitrogen and oxygen atoms in total. The van der Waals surface area contributed by atoms with Crippen molar-refractivity contribution in [1.82, 2.24) is 9.80 Å². The van der Waals surface area contributed by atoms with Crippen molar-refractivity contribution < 1.29 is 34.1 Å². The van der Waals surface area contributed by atoms with Crippen molar-refractivity contribution in [2.75, 3.05) is 59.1 Å². The van der Waals surface area contributed by atoms with Crippen molar-refractivity contribution in [3.63, 3.8) is 0 Å². The lowest BCUT2D eigenvalue weighted by molar-refractivity contribution is -0.144. The lowest BCUT2D eigenvalue weighted by Crippen LogP contribution is -2.34. The number of nitrogens with zero attached hydrogens (tertiary/aromatic N) is 2. The minimum atomic E-state index is -0.861. The topological polar surface area (TPSA) is 117 Å². The molecule has 0 aromatic heterocycles. The van der Waals surface area contributed by atoms with Gasteiger partial charge in [0.15, 0.2) is 11.7 Å². The van der Waals surface area contributed by atoms with Crippen LogP contribution in [0.1, 0.15) is 245 Å². The first kappa shape index (κ1) is 58.1. The zero-order valence-electron chi connectivity index (χ0n) is 39.6. The number of carboxylic acid groups (broad SMARTS) is 1. The van der Waals surface area contributed by atoms with Crippen LogP contribution in [-0.4, -0.2) is 97.0 Å². The molecular formula is C51H98N2O7. The molecule has 0 aromatic rings. The molecule has 0 aliphatic heterocycles. The van der Waals surface area contributed by atoms with Crippen LogP contribution in [0.5, 0.6) is 0 Å². The summed E-state index contributed by atoms with van der Waals surface area (Å²) < 4.78 is 11.3. The highest BCUT2D eigenvalue weighted by atomic mass is 16.5. The van der Waals surface area contributed by atoms with Gasteiger partial charge in [0.1, 0.15) is 0 Å². The number of aliphatic hydroxyl groups is 1. The SMILES string of the molecule is CCCCCCCCCCCCCCCCCCCCCCCOC(=O)CCN(CCCN(CCO)CCC(=C=O)OCCCCCCCCCCCCC)CCC(=O)O. The van der Waals surface area contributed by atoms with E-state index in [1.807, 2.05) is 10.8 Å². The maximum absolute atomic E-state index is 12.5. The van der Waals surface area contributed by atoms with Gasteiger partial charge in [-0.15, -0.1) is 0 Å². The minimum absolute atomic E-state index is 0.00780. The van der Waals surface area contributed by atoms with E-state index in [0.29, 0.717) is 64.7 Å². The van der Waals surface area contributed by atoms with Gasteiger partial charge in [-0.1, -0.05) is 206 Å². The van der Waals surface area contributed by atoms with Gasteiger partial charge < -0.3 is 29.5 Å². The number of carboxylic acids is 1. The molecule has 0 saturated heterocycles. The first-order valence-corrected chi connectivity index (χ1v) is 25.8. The summed E-state index contributed by atoms with van der Waals surface area (Å²) in [5.74, 6) is 1.21. The summed E-state index contributed by atoms with van der Waals surface area (Å²) >= 11 is 0. The number of aliphatic carboxylic acids is 1. The van der Waals surface area contributed by atoms with Crippen molar-refractivity contribution in [1.29, 1.82) is 0 Å². The van der Waals surface area contributed by atoms with Crippen LogP contribution >= 0.6 is 0 Å². The van der Waals surface area contributed by atoms with Crippen LogP contribution in [0.2, 0.25) is 0 Å². The second kappa shape index (κ2) is 48.1. The number of hydrogen-bond donors (Lipinski definition) is 2. The smallest absolute Gasteiger partial charge is 0.307 e. The van der Waals surface area contributed by atoms with Crippen LogP contribution in [0.4, 0.5) is 0 Å². The molecule has 0 fully saturated rings. The van der Waals surface area contributed by atoms with E-state index in [1.165, 1.54) is 180 Å². The van der Waals surface area contributed by atoms with Gasteiger partial charge in [-0.2, -0.15) is 0 Å². The van der Waals surface area contributed by atoms with Crippen LogP contribution in [0, 0.1) is 0 Å². The second-order valence-electron chi connectivity index (χ2n) is 17.6. The molecule has 2 N–H and O–H groups in total. The Morgan fingerprint density at radius 2 is 0.750 bits per heavy atom. The molecule has 9 heteroatoms. The predicted octanol–water partition coefficient (Wildman–Crippen LogP) is 13.0. The Hall–Kier alpha value is -1.93. The van der Waals surface area contributed by atoms with Gasteiger partial charge in [-0.05, 0) is 32.4 Å². The number of aliphatic hydroxyl groups excluding tert-OH is 1. The molecule has 0 bridgehead atoms. The van der Waals surface area contributed by atoms with Gasteiger partial charge in [-0.3, -0.25) is 9.59 Å². The fraction of sp³-hybridized carbons (Fsp3) is 0.922. The highest BCUT2D eigenvalue weighted by Gasteiger charge is 2.13. The van der Waals surface area contributed by atoms with E-state index in [9.17, 15) is 24.6 Å². The summed E-state index contributed by atoms with van der Waals surface area (Å²) in [7, 11) is 0. The second-order valence-corrected chi connectivity index (χ2v) is 17.6. The Kier molecular flexibility index (Phi) is 46.6. The Labute approximate surface area is 370 Å². The summed E-state index contributed by atoms with van der Waals surface area (Å²) in [6, 6.07) is 0. The molecule has 354 valence electrons. The molecule has 0 amide bonds. The number of ether oxygens (including phenoxy) is 2. The molecule has 60 heavy (non-hydrogen) atoms. The molecule has 0 unspecified atom stereocenters. The first-order chi connectivity index (χ1) is 29.5. The van der Waals surface area contributed by atoms with Crippen LogP contribution in [0.15, 0.2) is 5.76 Å². The Bertz CT molecular complexity index is 973. The maximum atomic E-state index is 12.5. The van der Waals surface area contributed by atoms with Gasteiger partial charge >= 0.3 is 11.9 Å². The van der Waals surface area contributed by atoms with E-state index in [2.05, 4.69) is 18.7 Å². The van der Waals surface area contributed by atoms with Crippen LogP contribution in [0.3, 0.4) is 0 Å². The molecule has 0 spiro atoms. The third-order valence-electron chi connectivity index (χ3n) is 11.9. The summed E-state index contributed by atoms with van der Waals surface area (Å²) in [6.45, 7) is 8.71. The molecule has 0 aliphatic rings. The molecule has 0 saturated carbocycles. The van der Waals surface area contributed by atoms with E-state index in [4.69, 9.17) is 9.47 Å². The zero-order valence-corrected chi connectivity index (χ0v) is 39.6. The predicted molar refractivity (Wildman–Crippen MR) is 251 cm³/mol. The summed E-state index contributed by atoms with van der Waals surface area (Å²) in [5, 5.41) is 18.9. The van der Waals surface area contributed by atoms with E-state index < -0.39 is 5.97 Å². The molecule has 0 aromatic carbocycles. The fourth-order valence-corrected chi connectivity index (χ4v) is 8.00. The van der Waals surface area contributed by atoms with Gasteiger partial charge in [0.05, 0.1) is 32.7 Å². The highest BCUT2D eigenvalue weighted by Crippen LogP contribution is 2.16. The van der Waals surface area contributed by atoms with Crippen molar-refractivity contribution in [2.24, 2.45) is 0 Å². The van der Waals surface area contributed by atoms with Gasteiger partial charge in [0.25, 0.3) is 0 Å². The molecule has 0 rings (SSSR count). The first-order valence-electron chi connectivity index (χ1n) is 25.8. The molecule has 0 heterocycles. The number of rotatable bonds is 50. The van der Waals surface area contributed by atoms with E-state index in [0.717, 1.165) is 32.1 Å². The standard InChI is InChI=1S/C51H98N2O7/c1-3-5-7-9-11-13-15-16-17-18-19-20-21-22-23-24-26-28-30-32-34-47-60-51(58)38-43-52(42-37-50(56)57)39-35-40-53(44-45-54)41-36-49(48-55)59-46-33-31-29-27-25-14-12-10-8-6-4-2/h54H,3-47H2,1-2H3,(H,56,57). The summed E-state index contributed by atoms with van der Waals surface area (Å²) in [4.78, 5) is 39.5. The van der Waals surface area contributed by atoms with Crippen LogP contribution < -0.4 is 0 Å². The Morgan fingerprint density at radius 3 is 1.12 bits per heavy atom. The zero-order chi connectivity index (χ0) is 43.8. The largest absolute Gasteiger partial charge is 0.487 e. The highest BCUT2D eigenvalue weighted by molar-refractivity contribution is 5.69. The minimum Gasteiger partial charge on any atom is -0.487 e. The number of carbonyl (C=O) groups excluding carboxylic acids is 2. The quantitative estimate of drug-likeness (QED) is 0.0267. The fourth-order valence-electron chi connectivity index (χ4n) is 8.00. The number of hydrogen-bond acceptors (Lipinski definition) is 8. The van der Waals surface area contributed by atoms with Crippen LogP contribution in [0.25, 0.3) is 0 Å². The molecule has 0 radical (unpaired) electrons. The number of unbranched alkanes of at least 4 members (excludes halogenated alkanes) is 30. The normalized spacial score (nSPS) is 11.4. The monoisotopic (exact) mass is 851 g/mol. The Balaban J connectivity index is 4.00. The molecule has 0 atom stereocenters. The third kappa shape index (κ3) is 44.1. The maximum Gasteiger partial charge on any atom is 0.307 e. The van der Waals surface area contributed by atoms with Crippen molar-refractivity contribution in [3.05, 3.63) is 5.76 Å². The third-order valence-corrected chi connectivity index (χ3v) is 11.9. The molecular weight excluding hydrogens is 753 g/mol. The average molecular weight is 851 g/mol. The van der Waals surface area contributed by atoms with Crippen molar-refractivity contribution >= 4 is 17.9 Å². The lowest BCUT2D eigenvalue weighted by Gasteiger charge is -2.25. The van der Waals surface area contributed by atoms with E-state index in [-0.39, 0.29) is 25.4 Å². The van der Waals surface area contributed by atoms with Gasteiger partial charge in [-0.25, -0.2) is 4.79 Å². The summed E-state index contributed by atoms with van der Waals surface area (Å²) in [6.07, 6.45) is 43.5. The lowest BCUT2D eigenvalue weighted by atomic mass is 10.0. The molecule has 0 aliphatic carbocycles. The number of carbonyl (C=O) groups is 2. The van der Waals surface area contributed by atoms with Crippen molar-refractivity contribution in [3.8, 4) is 0 Å². The summed E-state index contributed by atoms with van der Waals surface area (Å²) in [5.41, 5.74) is 0. The van der Waals surface area contributed by atoms with E-state index in [1.54, 1.807) is 0 Å². The number of esters is 1. The average Bonchev–Trinajstić information content (AvgIpc) is 3.24. The van der Waals surface area contributed by atoms with Gasteiger partial charge in [0, 0.05) is 32.6 Å². The Morgan fingerprint density at radius 1 is 0.417 bits per heavy atom. The van der Waals surface area contributed by atoms with E-state index >= 15 is 0 Å². The van der Waals surface area contributed by atoms with Crippen molar-refractivity contribution in [2.45, 2.75) is 245 Å².